The average Bonchev–Trinajstić information content (AvgIpc) is 2.16. The molecule has 1 N–H and O–H groups in total. The van der Waals surface area contributed by atoms with Gasteiger partial charge in [-0.15, -0.1) is 0 Å². The quantitative estimate of drug-likeness (QED) is 0.811. The second-order valence-electron chi connectivity index (χ2n) is 2.95. The van der Waals surface area contributed by atoms with Crippen LogP contribution in [0, 0.1) is 0 Å². The van der Waals surface area contributed by atoms with E-state index in [1.807, 2.05) is 0 Å². The number of aliphatic carboxylic acids is 1. The molecule has 0 fully saturated rings. The summed E-state index contributed by atoms with van der Waals surface area (Å²) in [5.41, 5.74) is -0.972. The SMILES string of the molecule is O=C(O)CN=Cc1ccccc1C(F)(F)F. The second kappa shape index (κ2) is 4.78. The van der Waals surface area contributed by atoms with E-state index in [1.165, 1.54) is 18.2 Å². The second-order valence-corrected chi connectivity index (χ2v) is 2.95. The lowest BCUT2D eigenvalue weighted by molar-refractivity contribution is -0.137. The third-order valence-corrected chi connectivity index (χ3v) is 1.72. The Bertz CT molecular complexity index is 413. The van der Waals surface area contributed by atoms with Crippen LogP contribution in [0.4, 0.5) is 13.2 Å². The first-order chi connectivity index (χ1) is 7.41. The molecule has 0 aliphatic rings. The summed E-state index contributed by atoms with van der Waals surface area (Å²) in [7, 11) is 0. The minimum absolute atomic E-state index is 0.142. The lowest BCUT2D eigenvalue weighted by Gasteiger charge is -2.08. The Labute approximate surface area is 89.2 Å². The van der Waals surface area contributed by atoms with Crippen LogP contribution in [0.3, 0.4) is 0 Å². The van der Waals surface area contributed by atoms with E-state index in [9.17, 15) is 18.0 Å². The molecule has 16 heavy (non-hydrogen) atoms. The number of carbonyl (C=O) groups is 1. The molecular formula is C10H8F3NO2. The van der Waals surface area contributed by atoms with Crippen LogP contribution in [0.1, 0.15) is 11.1 Å². The fourth-order valence-electron chi connectivity index (χ4n) is 1.09. The number of alkyl halides is 3. The first-order valence-electron chi connectivity index (χ1n) is 4.29. The molecule has 1 aromatic carbocycles. The molecule has 6 heteroatoms. The molecule has 1 rings (SSSR count). The Balaban J connectivity index is 2.96. The number of halogens is 3. The third kappa shape index (κ3) is 3.38. The fraction of sp³-hybridized carbons (Fsp3) is 0.200. The minimum Gasteiger partial charge on any atom is -0.480 e. The van der Waals surface area contributed by atoms with Crippen LogP contribution >= 0.6 is 0 Å². The standard InChI is InChI=1S/C10H8F3NO2/c11-10(12,13)8-4-2-1-3-7(8)5-14-6-9(15)16/h1-5H,6H2,(H,15,16). The number of hydrogen-bond acceptors (Lipinski definition) is 2. The zero-order valence-electron chi connectivity index (χ0n) is 8.03. The van der Waals surface area contributed by atoms with Gasteiger partial charge in [-0.25, -0.2) is 0 Å². The predicted molar refractivity (Wildman–Crippen MR) is 51.5 cm³/mol. The molecule has 1 aromatic rings. The summed E-state index contributed by atoms with van der Waals surface area (Å²) in [6.07, 6.45) is -3.55. The van der Waals surface area contributed by atoms with Crippen LogP contribution in [0.15, 0.2) is 29.3 Å². The highest BCUT2D eigenvalue weighted by Crippen LogP contribution is 2.30. The fourth-order valence-corrected chi connectivity index (χ4v) is 1.09. The van der Waals surface area contributed by atoms with E-state index in [-0.39, 0.29) is 5.56 Å². The third-order valence-electron chi connectivity index (χ3n) is 1.72. The summed E-state index contributed by atoms with van der Waals surface area (Å²) in [6.45, 7) is -0.549. The van der Waals surface area contributed by atoms with E-state index >= 15 is 0 Å². The average molecular weight is 231 g/mol. The molecule has 0 saturated heterocycles. The molecule has 0 spiro atoms. The Morgan fingerprint density at radius 3 is 2.56 bits per heavy atom. The Kier molecular flexibility index (Phi) is 3.65. The number of nitrogens with zero attached hydrogens (tertiary/aromatic N) is 1. The summed E-state index contributed by atoms with van der Waals surface area (Å²) in [4.78, 5) is 13.5. The van der Waals surface area contributed by atoms with Crippen molar-refractivity contribution in [3.8, 4) is 0 Å². The number of hydrogen-bond donors (Lipinski definition) is 1. The Morgan fingerprint density at radius 2 is 2.00 bits per heavy atom. The van der Waals surface area contributed by atoms with Gasteiger partial charge in [0.05, 0.1) is 5.56 Å². The number of rotatable bonds is 3. The van der Waals surface area contributed by atoms with Gasteiger partial charge in [-0.1, -0.05) is 18.2 Å². The molecular weight excluding hydrogens is 223 g/mol. The molecule has 3 nitrogen and oxygen atoms in total. The normalized spacial score (nSPS) is 11.9. The van der Waals surface area contributed by atoms with Crippen molar-refractivity contribution in [1.29, 1.82) is 0 Å². The van der Waals surface area contributed by atoms with Gasteiger partial charge >= 0.3 is 12.1 Å². The molecule has 0 aliphatic heterocycles. The lowest BCUT2D eigenvalue weighted by Crippen LogP contribution is -2.09. The zero-order chi connectivity index (χ0) is 12.2. The van der Waals surface area contributed by atoms with Gasteiger partial charge in [0.15, 0.2) is 0 Å². The van der Waals surface area contributed by atoms with Crippen molar-refractivity contribution in [2.45, 2.75) is 6.18 Å². The number of carboxylic acids is 1. The van der Waals surface area contributed by atoms with E-state index in [0.717, 1.165) is 12.3 Å². The molecule has 0 heterocycles. The van der Waals surface area contributed by atoms with Crippen LogP contribution in [0.25, 0.3) is 0 Å². The van der Waals surface area contributed by atoms with Gasteiger partial charge in [0, 0.05) is 11.8 Å². The maximum Gasteiger partial charge on any atom is 0.417 e. The van der Waals surface area contributed by atoms with Crippen molar-refractivity contribution in [2.75, 3.05) is 6.54 Å². The minimum atomic E-state index is -4.47. The lowest BCUT2D eigenvalue weighted by atomic mass is 10.1. The van der Waals surface area contributed by atoms with Crippen molar-refractivity contribution in [1.82, 2.24) is 0 Å². The molecule has 0 radical (unpaired) electrons. The topological polar surface area (TPSA) is 49.7 Å². The van der Waals surface area contributed by atoms with Gasteiger partial charge < -0.3 is 5.11 Å². The van der Waals surface area contributed by atoms with E-state index in [1.54, 1.807) is 0 Å². The van der Waals surface area contributed by atoms with Crippen LogP contribution in [-0.4, -0.2) is 23.8 Å². The Morgan fingerprint density at radius 1 is 1.38 bits per heavy atom. The highest BCUT2D eigenvalue weighted by molar-refractivity contribution is 5.83. The summed E-state index contributed by atoms with van der Waals surface area (Å²) >= 11 is 0. The largest absolute Gasteiger partial charge is 0.480 e. The van der Waals surface area contributed by atoms with Gasteiger partial charge in [0.1, 0.15) is 6.54 Å². The summed E-state index contributed by atoms with van der Waals surface area (Å²) in [5.74, 6) is -1.19. The molecule has 0 atom stereocenters. The summed E-state index contributed by atoms with van der Waals surface area (Å²) in [6, 6.07) is 4.84. The van der Waals surface area contributed by atoms with Gasteiger partial charge in [-0.3, -0.25) is 9.79 Å². The highest BCUT2D eigenvalue weighted by Gasteiger charge is 2.32. The molecule has 0 unspecified atom stereocenters. The molecule has 0 aliphatic carbocycles. The summed E-state index contributed by atoms with van der Waals surface area (Å²) in [5, 5.41) is 8.28. The summed E-state index contributed by atoms with van der Waals surface area (Å²) < 4.78 is 37.4. The zero-order valence-corrected chi connectivity index (χ0v) is 8.03. The highest BCUT2D eigenvalue weighted by atomic mass is 19.4. The van der Waals surface area contributed by atoms with Gasteiger partial charge in [0.25, 0.3) is 0 Å². The Hall–Kier alpha value is -1.85. The number of carboxylic acid groups (broad SMARTS) is 1. The van der Waals surface area contributed by atoms with Gasteiger partial charge in [-0.2, -0.15) is 13.2 Å². The van der Waals surface area contributed by atoms with Crippen LogP contribution < -0.4 is 0 Å². The van der Waals surface area contributed by atoms with Gasteiger partial charge in [0.2, 0.25) is 0 Å². The molecule has 0 saturated carbocycles. The molecule has 86 valence electrons. The van der Waals surface area contributed by atoms with Gasteiger partial charge in [-0.05, 0) is 6.07 Å². The molecule has 0 bridgehead atoms. The van der Waals surface area contributed by atoms with E-state index in [4.69, 9.17) is 5.11 Å². The van der Waals surface area contributed by atoms with E-state index in [2.05, 4.69) is 4.99 Å². The number of benzene rings is 1. The van der Waals surface area contributed by atoms with Crippen LogP contribution in [0.5, 0.6) is 0 Å². The maximum absolute atomic E-state index is 12.5. The predicted octanol–water partition coefficient (Wildman–Crippen LogP) is 2.21. The first-order valence-corrected chi connectivity index (χ1v) is 4.29. The smallest absolute Gasteiger partial charge is 0.417 e. The van der Waals surface area contributed by atoms with E-state index in [0.29, 0.717) is 0 Å². The van der Waals surface area contributed by atoms with Crippen molar-refractivity contribution in [2.24, 2.45) is 4.99 Å². The monoisotopic (exact) mass is 231 g/mol. The maximum atomic E-state index is 12.5. The van der Waals surface area contributed by atoms with E-state index < -0.39 is 24.3 Å². The van der Waals surface area contributed by atoms with Crippen molar-refractivity contribution >= 4 is 12.2 Å². The first kappa shape index (κ1) is 12.2. The van der Waals surface area contributed by atoms with Crippen molar-refractivity contribution in [3.05, 3.63) is 35.4 Å². The van der Waals surface area contributed by atoms with Crippen molar-refractivity contribution < 1.29 is 23.1 Å². The number of aliphatic imine (C=N–C) groups is 1. The van der Waals surface area contributed by atoms with Crippen LogP contribution in [-0.2, 0) is 11.0 Å². The van der Waals surface area contributed by atoms with Crippen LogP contribution in [0.2, 0.25) is 0 Å². The molecule has 0 amide bonds. The van der Waals surface area contributed by atoms with Crippen molar-refractivity contribution in [3.63, 3.8) is 0 Å². The molecule has 0 aromatic heterocycles.